The van der Waals surface area contributed by atoms with E-state index >= 15 is 0 Å². The second-order valence-electron chi connectivity index (χ2n) is 3.76. The number of hydrogen-bond acceptors (Lipinski definition) is 5. The van der Waals surface area contributed by atoms with Crippen molar-refractivity contribution in [2.45, 2.75) is 32.1 Å². The van der Waals surface area contributed by atoms with E-state index in [9.17, 15) is 8.42 Å². The second kappa shape index (κ2) is 6.13. The van der Waals surface area contributed by atoms with Crippen LogP contribution in [-0.2, 0) is 10.0 Å². The van der Waals surface area contributed by atoms with Crippen LogP contribution < -0.4 is 10.0 Å². The Morgan fingerprint density at radius 3 is 2.53 bits per heavy atom. The van der Waals surface area contributed by atoms with Gasteiger partial charge in [0.1, 0.15) is 10.6 Å². The van der Waals surface area contributed by atoms with Crippen LogP contribution in [0.1, 0.15) is 24.8 Å². The van der Waals surface area contributed by atoms with Gasteiger partial charge in [-0.25, -0.2) is 13.1 Å². The van der Waals surface area contributed by atoms with E-state index in [-0.39, 0.29) is 4.90 Å². The van der Waals surface area contributed by atoms with Gasteiger partial charge in [0, 0.05) is 6.54 Å². The minimum Gasteiger partial charge on any atom is -0.360 e. The summed E-state index contributed by atoms with van der Waals surface area (Å²) >= 11 is 0. The van der Waals surface area contributed by atoms with Crippen LogP contribution in [0.4, 0.5) is 0 Å². The van der Waals surface area contributed by atoms with Crippen LogP contribution in [0.15, 0.2) is 9.42 Å². The molecule has 0 bridgehead atoms. The first-order valence-electron chi connectivity index (χ1n) is 5.62. The maximum Gasteiger partial charge on any atom is 0.245 e. The van der Waals surface area contributed by atoms with Gasteiger partial charge in [-0.1, -0.05) is 12.1 Å². The molecule has 1 rings (SSSR count). The van der Waals surface area contributed by atoms with E-state index in [2.05, 4.69) is 15.2 Å². The van der Waals surface area contributed by atoms with E-state index in [0.29, 0.717) is 18.0 Å². The third-order valence-electron chi connectivity index (χ3n) is 2.31. The fourth-order valence-corrected chi connectivity index (χ4v) is 2.93. The predicted molar refractivity (Wildman–Crippen MR) is 64.3 cm³/mol. The lowest BCUT2D eigenvalue weighted by molar-refractivity contribution is 0.390. The smallest absolute Gasteiger partial charge is 0.245 e. The Kier molecular flexibility index (Phi) is 5.10. The molecule has 2 N–H and O–H groups in total. The summed E-state index contributed by atoms with van der Waals surface area (Å²) in [6, 6.07) is 0. The van der Waals surface area contributed by atoms with Crippen molar-refractivity contribution >= 4 is 10.0 Å². The van der Waals surface area contributed by atoms with Gasteiger partial charge in [0.05, 0.1) is 0 Å². The van der Waals surface area contributed by atoms with Gasteiger partial charge in [0.15, 0.2) is 5.76 Å². The molecule has 0 saturated carbocycles. The van der Waals surface area contributed by atoms with Gasteiger partial charge in [0.25, 0.3) is 0 Å². The van der Waals surface area contributed by atoms with Crippen LogP contribution in [0.25, 0.3) is 0 Å². The summed E-state index contributed by atoms with van der Waals surface area (Å²) in [6.45, 7) is 7.29. The number of aromatic nitrogens is 1. The van der Waals surface area contributed by atoms with Gasteiger partial charge in [-0.15, -0.1) is 0 Å². The summed E-state index contributed by atoms with van der Waals surface area (Å²) in [5, 5.41) is 6.76. The highest BCUT2D eigenvalue weighted by atomic mass is 32.2. The number of nitrogens with zero attached hydrogens (tertiary/aromatic N) is 1. The molecular formula is C10H19N3O3S. The number of rotatable bonds is 7. The summed E-state index contributed by atoms with van der Waals surface area (Å²) in [7, 11) is -3.50. The lowest BCUT2D eigenvalue weighted by Crippen LogP contribution is -2.28. The summed E-state index contributed by atoms with van der Waals surface area (Å²) in [6.07, 6.45) is 0.746. The zero-order chi connectivity index (χ0) is 12.9. The minimum atomic E-state index is -3.50. The van der Waals surface area contributed by atoms with Crippen molar-refractivity contribution < 1.29 is 12.9 Å². The molecule has 0 amide bonds. The van der Waals surface area contributed by atoms with Gasteiger partial charge < -0.3 is 9.84 Å². The third-order valence-corrected chi connectivity index (χ3v) is 4.01. The summed E-state index contributed by atoms with van der Waals surface area (Å²) in [5.41, 5.74) is 0.390. The molecule has 0 atom stereocenters. The molecule has 7 heteroatoms. The van der Waals surface area contributed by atoms with E-state index in [0.717, 1.165) is 19.5 Å². The van der Waals surface area contributed by atoms with E-state index in [1.807, 2.05) is 6.92 Å². The molecular weight excluding hydrogens is 242 g/mol. The lowest BCUT2D eigenvalue weighted by atomic mass is 10.4. The summed E-state index contributed by atoms with van der Waals surface area (Å²) < 4.78 is 31.3. The molecule has 1 heterocycles. The van der Waals surface area contributed by atoms with Crippen LogP contribution in [0.5, 0.6) is 0 Å². The normalized spacial score (nSPS) is 11.9. The second-order valence-corrected chi connectivity index (χ2v) is 5.46. The van der Waals surface area contributed by atoms with Crippen molar-refractivity contribution in [3.05, 3.63) is 11.5 Å². The summed E-state index contributed by atoms with van der Waals surface area (Å²) in [5.74, 6) is 0.321. The first-order valence-corrected chi connectivity index (χ1v) is 7.10. The Hall–Kier alpha value is -0.920. The van der Waals surface area contributed by atoms with Crippen molar-refractivity contribution in [1.29, 1.82) is 0 Å². The van der Waals surface area contributed by atoms with Crippen LogP contribution >= 0.6 is 0 Å². The Morgan fingerprint density at radius 2 is 2.00 bits per heavy atom. The minimum absolute atomic E-state index is 0.154. The van der Waals surface area contributed by atoms with Crippen LogP contribution in [-0.4, -0.2) is 33.2 Å². The van der Waals surface area contributed by atoms with E-state index in [1.54, 1.807) is 13.8 Å². The molecule has 0 aromatic carbocycles. The Labute approximate surface area is 102 Å². The number of hydrogen-bond donors (Lipinski definition) is 2. The maximum atomic E-state index is 11.9. The molecule has 6 nitrogen and oxygen atoms in total. The number of aryl methyl sites for hydroxylation is 2. The molecule has 0 radical (unpaired) electrons. The molecule has 0 aliphatic heterocycles. The number of nitrogens with one attached hydrogen (secondary N) is 2. The highest BCUT2D eigenvalue weighted by Crippen LogP contribution is 2.18. The molecule has 0 aliphatic carbocycles. The zero-order valence-corrected chi connectivity index (χ0v) is 11.2. The van der Waals surface area contributed by atoms with Gasteiger partial charge in [0.2, 0.25) is 10.0 Å². The van der Waals surface area contributed by atoms with Gasteiger partial charge in [-0.3, -0.25) is 0 Å². The molecule has 0 spiro atoms. The highest BCUT2D eigenvalue weighted by molar-refractivity contribution is 7.89. The third kappa shape index (κ3) is 3.79. The molecule has 1 aromatic rings. The van der Waals surface area contributed by atoms with Gasteiger partial charge in [-0.05, 0) is 33.4 Å². The van der Waals surface area contributed by atoms with Crippen LogP contribution in [0, 0.1) is 13.8 Å². The van der Waals surface area contributed by atoms with Crippen molar-refractivity contribution in [2.75, 3.05) is 19.6 Å². The maximum absolute atomic E-state index is 11.9. The predicted octanol–water partition coefficient (Wildman–Crippen LogP) is 0.569. The largest absolute Gasteiger partial charge is 0.360 e. The monoisotopic (exact) mass is 261 g/mol. The lowest BCUT2D eigenvalue weighted by Gasteiger charge is -2.06. The summed E-state index contributed by atoms with van der Waals surface area (Å²) in [4.78, 5) is 0.154. The van der Waals surface area contributed by atoms with E-state index in [4.69, 9.17) is 4.52 Å². The van der Waals surface area contributed by atoms with Crippen molar-refractivity contribution in [1.82, 2.24) is 15.2 Å². The van der Waals surface area contributed by atoms with E-state index < -0.39 is 10.0 Å². The molecule has 17 heavy (non-hydrogen) atoms. The Balaban J connectivity index is 2.58. The van der Waals surface area contributed by atoms with Crippen LogP contribution in [0.2, 0.25) is 0 Å². The first kappa shape index (κ1) is 14.1. The topological polar surface area (TPSA) is 84.2 Å². The molecule has 0 fully saturated rings. The molecule has 98 valence electrons. The Morgan fingerprint density at radius 1 is 1.29 bits per heavy atom. The average Bonchev–Trinajstić information content (AvgIpc) is 2.58. The zero-order valence-electron chi connectivity index (χ0n) is 10.4. The van der Waals surface area contributed by atoms with E-state index in [1.165, 1.54) is 0 Å². The molecule has 0 aliphatic rings. The SMILES string of the molecule is CCNCCCNS(=O)(=O)c1c(C)noc1C. The van der Waals surface area contributed by atoms with Crippen molar-refractivity contribution in [2.24, 2.45) is 0 Å². The first-order chi connectivity index (χ1) is 7.99. The molecule has 0 unspecified atom stereocenters. The van der Waals surface area contributed by atoms with Gasteiger partial charge in [-0.2, -0.15) is 0 Å². The highest BCUT2D eigenvalue weighted by Gasteiger charge is 2.23. The quantitative estimate of drug-likeness (QED) is 0.701. The van der Waals surface area contributed by atoms with Gasteiger partial charge >= 0.3 is 0 Å². The molecule has 1 aromatic heterocycles. The fraction of sp³-hybridized carbons (Fsp3) is 0.700. The standard InChI is InChI=1S/C10H19N3O3S/c1-4-11-6-5-7-12-17(14,15)10-8(2)13-16-9(10)3/h11-12H,4-7H2,1-3H3. The van der Waals surface area contributed by atoms with Crippen molar-refractivity contribution in [3.63, 3.8) is 0 Å². The fourth-order valence-electron chi connectivity index (χ4n) is 1.53. The molecule has 0 saturated heterocycles. The van der Waals surface area contributed by atoms with Crippen molar-refractivity contribution in [3.8, 4) is 0 Å². The number of sulfonamides is 1. The average molecular weight is 261 g/mol. The van der Waals surface area contributed by atoms with Crippen LogP contribution in [0.3, 0.4) is 0 Å². The Bertz CT molecular complexity index is 434.